The van der Waals surface area contributed by atoms with Crippen molar-refractivity contribution in [1.82, 2.24) is 4.90 Å². The highest BCUT2D eigenvalue weighted by atomic mass is 15.2. The summed E-state index contributed by atoms with van der Waals surface area (Å²) in [7, 11) is 0. The van der Waals surface area contributed by atoms with Crippen LogP contribution in [0.4, 0.5) is 0 Å². The first-order chi connectivity index (χ1) is 7.65. The number of nitrogens with zero attached hydrogens (tertiary/aromatic N) is 1. The van der Waals surface area contributed by atoms with Gasteiger partial charge in [-0.2, -0.15) is 0 Å². The molecule has 0 spiro atoms. The molecule has 0 amide bonds. The third kappa shape index (κ3) is 3.21. The van der Waals surface area contributed by atoms with Crippen LogP contribution in [-0.4, -0.2) is 24.2 Å². The Balaban J connectivity index is 1.82. The van der Waals surface area contributed by atoms with Crippen LogP contribution in [0.15, 0.2) is 0 Å². The maximum Gasteiger partial charge on any atom is 0.0572 e. The zero-order chi connectivity index (χ0) is 11.5. The molecule has 2 heteroatoms. The van der Waals surface area contributed by atoms with Crippen LogP contribution in [-0.2, 0) is 0 Å². The lowest BCUT2D eigenvalue weighted by atomic mass is 9.81. The molecule has 0 bridgehead atoms. The molecule has 4 atom stereocenters. The van der Waals surface area contributed by atoms with Gasteiger partial charge in [-0.15, -0.1) is 0 Å². The molecule has 2 fully saturated rings. The fraction of sp³-hybridized carbons (Fsp3) is 1.00. The zero-order valence-electron chi connectivity index (χ0n) is 11.0. The number of piperidine rings is 1. The SMILES string of the molecule is CC1CCCC(CN2CC(C)CCC2N)C1. The van der Waals surface area contributed by atoms with E-state index < -0.39 is 0 Å². The molecule has 2 rings (SSSR count). The number of rotatable bonds is 2. The first-order valence-electron chi connectivity index (χ1n) is 7.14. The molecule has 0 aromatic carbocycles. The van der Waals surface area contributed by atoms with Gasteiger partial charge in [-0.05, 0) is 43.4 Å². The average molecular weight is 224 g/mol. The summed E-state index contributed by atoms with van der Waals surface area (Å²) in [5, 5.41) is 0. The van der Waals surface area contributed by atoms with E-state index in [1.54, 1.807) is 0 Å². The van der Waals surface area contributed by atoms with E-state index in [1.807, 2.05) is 0 Å². The van der Waals surface area contributed by atoms with E-state index in [1.165, 1.54) is 51.6 Å². The number of likely N-dealkylation sites (tertiary alicyclic amines) is 1. The first kappa shape index (κ1) is 12.4. The van der Waals surface area contributed by atoms with Crippen LogP contribution in [0.1, 0.15) is 52.4 Å². The van der Waals surface area contributed by atoms with Crippen molar-refractivity contribution < 1.29 is 0 Å². The maximum atomic E-state index is 6.22. The van der Waals surface area contributed by atoms with Crippen molar-refractivity contribution in [3.8, 4) is 0 Å². The van der Waals surface area contributed by atoms with Gasteiger partial charge in [0, 0.05) is 13.1 Å². The highest BCUT2D eigenvalue weighted by molar-refractivity contribution is 4.80. The maximum absolute atomic E-state index is 6.22. The minimum atomic E-state index is 0.341. The lowest BCUT2D eigenvalue weighted by Crippen LogP contribution is -2.50. The van der Waals surface area contributed by atoms with Gasteiger partial charge in [0.05, 0.1) is 6.17 Å². The predicted octanol–water partition coefficient (Wildman–Crippen LogP) is 2.83. The Bertz CT molecular complexity index is 217. The summed E-state index contributed by atoms with van der Waals surface area (Å²) in [6, 6.07) is 0. The molecule has 16 heavy (non-hydrogen) atoms. The standard InChI is InChI=1S/C14H28N2/c1-11-4-3-5-13(8-11)10-16-9-12(2)6-7-14(16)15/h11-14H,3-10,15H2,1-2H3. The summed E-state index contributed by atoms with van der Waals surface area (Å²) in [6.45, 7) is 7.26. The van der Waals surface area contributed by atoms with Crippen molar-refractivity contribution in [1.29, 1.82) is 0 Å². The second kappa shape index (κ2) is 5.50. The molecular weight excluding hydrogens is 196 g/mol. The first-order valence-corrected chi connectivity index (χ1v) is 7.14. The molecule has 0 radical (unpaired) electrons. The second-order valence-corrected chi connectivity index (χ2v) is 6.34. The van der Waals surface area contributed by atoms with E-state index in [4.69, 9.17) is 5.73 Å². The Labute approximate surface area is 101 Å². The molecule has 1 aliphatic heterocycles. The highest BCUT2D eigenvalue weighted by Crippen LogP contribution is 2.30. The summed E-state index contributed by atoms with van der Waals surface area (Å²) < 4.78 is 0. The van der Waals surface area contributed by atoms with Crippen LogP contribution in [0.25, 0.3) is 0 Å². The monoisotopic (exact) mass is 224 g/mol. The van der Waals surface area contributed by atoms with Gasteiger partial charge in [0.15, 0.2) is 0 Å². The third-order valence-electron chi connectivity index (χ3n) is 4.51. The van der Waals surface area contributed by atoms with Gasteiger partial charge in [0.2, 0.25) is 0 Å². The second-order valence-electron chi connectivity index (χ2n) is 6.34. The molecule has 2 nitrogen and oxygen atoms in total. The van der Waals surface area contributed by atoms with E-state index in [2.05, 4.69) is 18.7 Å². The van der Waals surface area contributed by atoms with Gasteiger partial charge in [-0.1, -0.05) is 26.7 Å². The Hall–Kier alpha value is -0.0800. The average Bonchev–Trinajstić information content (AvgIpc) is 2.24. The molecular formula is C14H28N2. The normalized spacial score (nSPS) is 42.2. The number of hydrogen-bond acceptors (Lipinski definition) is 2. The van der Waals surface area contributed by atoms with Crippen molar-refractivity contribution in [3.63, 3.8) is 0 Å². The minimum Gasteiger partial charge on any atom is -0.316 e. The Morgan fingerprint density at radius 3 is 2.62 bits per heavy atom. The topological polar surface area (TPSA) is 29.3 Å². The van der Waals surface area contributed by atoms with E-state index in [0.717, 1.165) is 17.8 Å². The molecule has 0 aromatic heterocycles. The quantitative estimate of drug-likeness (QED) is 0.781. The van der Waals surface area contributed by atoms with E-state index in [-0.39, 0.29) is 0 Å². The van der Waals surface area contributed by atoms with Gasteiger partial charge in [-0.3, -0.25) is 4.90 Å². The van der Waals surface area contributed by atoms with E-state index >= 15 is 0 Å². The fourth-order valence-electron chi connectivity index (χ4n) is 3.53. The van der Waals surface area contributed by atoms with Crippen LogP contribution < -0.4 is 5.73 Å². The summed E-state index contributed by atoms with van der Waals surface area (Å²) >= 11 is 0. The molecule has 2 N–H and O–H groups in total. The molecule has 1 saturated carbocycles. The third-order valence-corrected chi connectivity index (χ3v) is 4.51. The lowest BCUT2D eigenvalue weighted by Gasteiger charge is -2.40. The lowest BCUT2D eigenvalue weighted by molar-refractivity contribution is 0.0832. The summed E-state index contributed by atoms with van der Waals surface area (Å²) in [5.74, 6) is 2.71. The van der Waals surface area contributed by atoms with Crippen molar-refractivity contribution >= 4 is 0 Å². The van der Waals surface area contributed by atoms with Crippen molar-refractivity contribution in [2.75, 3.05) is 13.1 Å². The predicted molar refractivity (Wildman–Crippen MR) is 69.1 cm³/mol. The fourth-order valence-corrected chi connectivity index (χ4v) is 3.53. The van der Waals surface area contributed by atoms with Crippen LogP contribution in [0.2, 0.25) is 0 Å². The summed E-state index contributed by atoms with van der Waals surface area (Å²) in [6.07, 6.45) is 8.60. The van der Waals surface area contributed by atoms with Gasteiger partial charge < -0.3 is 5.73 Å². The Kier molecular flexibility index (Phi) is 4.26. The molecule has 4 unspecified atom stereocenters. The van der Waals surface area contributed by atoms with Gasteiger partial charge in [0.25, 0.3) is 0 Å². The Morgan fingerprint density at radius 2 is 1.88 bits per heavy atom. The van der Waals surface area contributed by atoms with Crippen molar-refractivity contribution in [2.24, 2.45) is 23.5 Å². The molecule has 1 heterocycles. The van der Waals surface area contributed by atoms with Crippen LogP contribution >= 0.6 is 0 Å². The smallest absolute Gasteiger partial charge is 0.0572 e. The van der Waals surface area contributed by atoms with Gasteiger partial charge >= 0.3 is 0 Å². The Morgan fingerprint density at radius 1 is 1.06 bits per heavy atom. The zero-order valence-corrected chi connectivity index (χ0v) is 11.0. The molecule has 0 aromatic rings. The van der Waals surface area contributed by atoms with Crippen molar-refractivity contribution in [2.45, 2.75) is 58.5 Å². The minimum absolute atomic E-state index is 0.341. The number of hydrogen-bond donors (Lipinski definition) is 1. The molecule has 1 saturated heterocycles. The van der Waals surface area contributed by atoms with Crippen molar-refractivity contribution in [3.05, 3.63) is 0 Å². The molecule has 94 valence electrons. The molecule has 1 aliphatic carbocycles. The van der Waals surface area contributed by atoms with Gasteiger partial charge in [0.1, 0.15) is 0 Å². The van der Waals surface area contributed by atoms with Crippen LogP contribution in [0.3, 0.4) is 0 Å². The van der Waals surface area contributed by atoms with Crippen LogP contribution in [0.5, 0.6) is 0 Å². The largest absolute Gasteiger partial charge is 0.316 e. The molecule has 2 aliphatic rings. The summed E-state index contributed by atoms with van der Waals surface area (Å²) in [5.41, 5.74) is 6.22. The van der Waals surface area contributed by atoms with Gasteiger partial charge in [-0.25, -0.2) is 0 Å². The summed E-state index contributed by atoms with van der Waals surface area (Å²) in [4.78, 5) is 2.55. The van der Waals surface area contributed by atoms with E-state index in [9.17, 15) is 0 Å². The van der Waals surface area contributed by atoms with E-state index in [0.29, 0.717) is 6.17 Å². The van der Waals surface area contributed by atoms with Crippen LogP contribution in [0, 0.1) is 17.8 Å². The number of nitrogens with two attached hydrogens (primary N) is 1. The highest BCUT2D eigenvalue weighted by Gasteiger charge is 2.27.